The molecule has 0 saturated carbocycles. The van der Waals surface area contributed by atoms with Gasteiger partial charge >= 0.3 is 30.9 Å². The molecule has 13 rings (SSSR count). The highest BCUT2D eigenvalue weighted by atomic mass is 19.4. The van der Waals surface area contributed by atoms with Gasteiger partial charge in [-0.05, 0) is 157 Å². The van der Waals surface area contributed by atoms with Gasteiger partial charge in [-0.3, -0.25) is 33.7 Å². The molecule has 570 valence electrons. The van der Waals surface area contributed by atoms with Gasteiger partial charge in [0.1, 0.15) is 12.7 Å². The van der Waals surface area contributed by atoms with E-state index in [2.05, 4.69) is 64.4 Å². The Hall–Kier alpha value is -11.5. The first-order valence-corrected chi connectivity index (χ1v) is 31.5. The summed E-state index contributed by atoms with van der Waals surface area (Å²) in [5.41, 5.74) is 3.66. The molecular weight excluding hydrogens is 1410 g/mol. The third-order valence-electron chi connectivity index (χ3n) is 12.6. The number of halogens is 15. The Morgan fingerprint density at radius 1 is 0.311 bits per heavy atom. The summed E-state index contributed by atoms with van der Waals surface area (Å²) in [6.45, 7) is 14.5. The number of aryl methyl sites for hydroxylation is 14. The fourth-order valence-corrected chi connectivity index (χ4v) is 6.94. The van der Waals surface area contributed by atoms with Gasteiger partial charge in [0.15, 0.2) is 11.4 Å². The molecule has 15 nitrogen and oxygen atoms in total. The van der Waals surface area contributed by atoms with Gasteiger partial charge in [0.05, 0.1) is 23.0 Å². The van der Waals surface area contributed by atoms with Crippen LogP contribution < -0.4 is 0 Å². The Balaban J connectivity index is 0.000000578. The maximum absolute atomic E-state index is 12.0. The number of nitrogens with zero attached hydrogens (tertiary/aromatic N) is 15. The van der Waals surface area contributed by atoms with Gasteiger partial charge in [0, 0.05) is 128 Å². The zero-order valence-corrected chi connectivity index (χ0v) is 60.8. The van der Waals surface area contributed by atoms with Gasteiger partial charge in [-0.15, -0.1) is 0 Å². The normalized spacial score (nSPS) is 10.3. The van der Waals surface area contributed by atoms with E-state index in [0.717, 1.165) is 58.4 Å². The van der Waals surface area contributed by atoms with Crippen molar-refractivity contribution in [2.45, 2.75) is 86.3 Å². The lowest BCUT2D eigenvalue weighted by Gasteiger charge is -2.08. The average molecular weight is 1490 g/mol. The number of benzene rings is 4. The maximum Gasteiger partial charge on any atom is 0.435 e. The molecule has 13 aromatic rings. The van der Waals surface area contributed by atoms with Gasteiger partial charge in [0.25, 0.3) is 0 Å². The molecule has 106 heavy (non-hydrogen) atoms. The Morgan fingerprint density at radius 3 is 1.14 bits per heavy atom. The first kappa shape index (κ1) is 92.6. The van der Waals surface area contributed by atoms with Gasteiger partial charge in [-0.2, -0.15) is 86.3 Å². The third kappa shape index (κ3) is 45.5. The minimum atomic E-state index is -4.33. The lowest BCUT2D eigenvalue weighted by molar-refractivity contribution is -0.142. The molecule has 0 spiro atoms. The average Bonchev–Trinajstić information content (AvgIpc) is 1.64. The number of alkyl halides is 15. The number of pyridine rings is 3. The highest BCUT2D eigenvalue weighted by molar-refractivity contribution is 5.28. The summed E-state index contributed by atoms with van der Waals surface area (Å²) in [6.07, 6.45) is 5.09. The van der Waals surface area contributed by atoms with Crippen molar-refractivity contribution >= 4 is 0 Å². The number of rotatable bonds is 0. The molecule has 0 aliphatic rings. The van der Waals surface area contributed by atoms with Crippen LogP contribution in [0.1, 0.15) is 72.8 Å². The number of imidazole rings is 1. The van der Waals surface area contributed by atoms with Crippen molar-refractivity contribution in [2.24, 2.45) is 42.3 Å². The fraction of sp³-hybridized carbons (Fsp3) is 0.250. The summed E-state index contributed by atoms with van der Waals surface area (Å²) in [4.78, 5) is 19.2. The van der Waals surface area contributed by atoms with Crippen LogP contribution in [0.4, 0.5) is 65.9 Å². The van der Waals surface area contributed by atoms with Crippen molar-refractivity contribution in [1.29, 1.82) is 0 Å². The summed E-state index contributed by atoms with van der Waals surface area (Å²) in [6, 6.07) is 47.6. The van der Waals surface area contributed by atoms with Crippen LogP contribution in [0, 0.1) is 55.4 Å². The van der Waals surface area contributed by atoms with E-state index in [-0.39, 0.29) is 5.56 Å². The van der Waals surface area contributed by atoms with Crippen molar-refractivity contribution < 1.29 is 65.9 Å². The lowest BCUT2D eigenvalue weighted by Crippen LogP contribution is -2.06. The van der Waals surface area contributed by atoms with Crippen LogP contribution in [-0.4, -0.2) is 73.2 Å². The number of aromatic nitrogens is 15. The topological polar surface area (TPSA) is 146 Å². The predicted octanol–water partition coefficient (Wildman–Crippen LogP) is 20.1. The van der Waals surface area contributed by atoms with E-state index in [1.807, 2.05) is 168 Å². The van der Waals surface area contributed by atoms with Gasteiger partial charge < -0.3 is 9.13 Å². The predicted molar refractivity (Wildman–Crippen MR) is 381 cm³/mol. The van der Waals surface area contributed by atoms with Crippen LogP contribution in [0.15, 0.2) is 269 Å². The second-order valence-corrected chi connectivity index (χ2v) is 22.2. The van der Waals surface area contributed by atoms with Gasteiger partial charge in [0.2, 0.25) is 0 Å². The Labute approximate surface area is 607 Å². The van der Waals surface area contributed by atoms with E-state index in [1.165, 1.54) is 85.2 Å². The van der Waals surface area contributed by atoms with Crippen molar-refractivity contribution in [2.75, 3.05) is 0 Å². The monoisotopic (exact) mass is 1490 g/mol. The van der Waals surface area contributed by atoms with Crippen LogP contribution >= 0.6 is 0 Å². The summed E-state index contributed by atoms with van der Waals surface area (Å²) >= 11 is 0. The molecule has 0 atom stereocenters. The Bertz CT molecular complexity index is 3940. The first-order chi connectivity index (χ1) is 49.6. The number of hydrogen-bond acceptors (Lipinski definition) is 9. The fourth-order valence-electron chi connectivity index (χ4n) is 6.94. The zero-order valence-electron chi connectivity index (χ0n) is 60.8. The smallest absolute Gasteiger partial charge is 0.357 e. The third-order valence-corrected chi connectivity index (χ3v) is 12.6. The summed E-state index contributed by atoms with van der Waals surface area (Å²) in [5, 5.41) is 14.0. The minimum Gasteiger partial charge on any atom is -0.357 e. The van der Waals surface area contributed by atoms with Gasteiger partial charge in [-0.25, -0.2) is 9.97 Å². The van der Waals surface area contributed by atoms with E-state index in [0.29, 0.717) is 11.3 Å². The van der Waals surface area contributed by atoms with E-state index >= 15 is 0 Å². The molecule has 0 fully saturated rings. The molecule has 0 unspecified atom stereocenters. The molecule has 0 amide bonds. The maximum atomic E-state index is 12.0. The molecule has 4 aromatic carbocycles. The van der Waals surface area contributed by atoms with Crippen LogP contribution in [0.2, 0.25) is 0 Å². The number of hydrogen-bond donors (Lipinski definition) is 0. The lowest BCUT2D eigenvalue weighted by atomic mass is 10.1. The van der Waals surface area contributed by atoms with E-state index in [9.17, 15) is 65.9 Å². The summed E-state index contributed by atoms with van der Waals surface area (Å²) in [5.74, 6) is 0. The Kier molecular flexibility index (Phi) is 42.3. The van der Waals surface area contributed by atoms with E-state index in [1.54, 1.807) is 92.1 Å². The molecule has 30 heteroatoms. The first-order valence-electron chi connectivity index (χ1n) is 31.5. The highest BCUT2D eigenvalue weighted by Gasteiger charge is 2.35. The highest BCUT2D eigenvalue weighted by Crippen LogP contribution is 2.33. The van der Waals surface area contributed by atoms with Crippen molar-refractivity contribution in [3.8, 4) is 0 Å². The summed E-state index contributed by atoms with van der Waals surface area (Å²) in [7, 11) is 10.6. The van der Waals surface area contributed by atoms with Crippen LogP contribution in [0.5, 0.6) is 0 Å². The zero-order chi connectivity index (χ0) is 79.9. The quantitative estimate of drug-likeness (QED) is 0.135. The van der Waals surface area contributed by atoms with Crippen LogP contribution in [-0.2, 0) is 73.2 Å². The van der Waals surface area contributed by atoms with E-state index < -0.39 is 59.0 Å². The second-order valence-electron chi connectivity index (χ2n) is 22.2. The molecule has 9 heterocycles. The molecule has 9 aromatic heterocycles. The van der Waals surface area contributed by atoms with Crippen molar-refractivity contribution in [3.63, 3.8) is 0 Å². The van der Waals surface area contributed by atoms with E-state index in [4.69, 9.17) is 0 Å². The molecule has 0 radical (unpaired) electrons. The van der Waals surface area contributed by atoms with Crippen molar-refractivity contribution in [1.82, 2.24) is 73.2 Å². The van der Waals surface area contributed by atoms with Crippen molar-refractivity contribution in [3.05, 3.63) is 342 Å². The largest absolute Gasteiger partial charge is 0.435 e. The van der Waals surface area contributed by atoms with Gasteiger partial charge in [-0.1, -0.05) is 108 Å². The summed E-state index contributed by atoms with van der Waals surface area (Å²) < 4.78 is 188. The Morgan fingerprint density at radius 2 is 0.877 bits per heavy atom. The second kappa shape index (κ2) is 48.5. The molecular formula is C76H86F15N15. The SMILES string of the molecule is Cc1cc(C(F)(F)F)nn1C.Cc1ccc(C(F)(F)F)cc1.Cc1cccc(C(F)(F)F)c1.Cc1ccccc1.Cc1ccccc1C(F)(F)F.Cc1ccccn1.Cc1cccnc1.Cc1ccncc1.Cn1ccc(C(F)(F)F)n1.Cn1cccc1.Cn1cccn1.Cn1ccnc1.Cn1cncn1. The molecule has 0 saturated heterocycles. The van der Waals surface area contributed by atoms with Crippen LogP contribution in [0.25, 0.3) is 0 Å². The molecule has 0 N–H and O–H groups in total. The molecule has 0 aliphatic heterocycles. The standard InChI is InChI=1S/3C8H7F3.C7H8.C6H7F3N2.3C6H7N.C5H5F3N2.C5H7N.2C4H6N2.C3H5N3/c1-6-2-4-7(5-3-6)8(9,10)11;1-6-3-2-4-7(5-6)8(9,10)11;1-6-4-2-3-5-7(6)8(9,10)11;1-7-5-3-2-4-6-7;1-4-3-5(6(7,8)9)10-11(4)2;1-6-2-4-7-5-3-6;1-6-3-2-4-7-5-6;1-6-4-2-3-5-7-6;1-10-3-2-4(9-10)5(6,7)8;1-6-4-2-3-5-6;1-6-3-2-5-4-6;1-6-4-2-3-5-6;1-6-3-4-2-5-6/h3*2-5H,1H3;2-6H,1H3;3H,1-2H3;3*2-5H,1H3;2-3H,1H3;2-5H,1H3;2*2-4H,1H3;2-3H,1H3. The minimum absolute atomic E-state index is 0.264. The molecule has 0 aliphatic carbocycles. The van der Waals surface area contributed by atoms with Crippen LogP contribution in [0.3, 0.4) is 0 Å². The molecule has 0 bridgehead atoms.